The van der Waals surface area contributed by atoms with Crippen LogP contribution in [-0.4, -0.2) is 40.1 Å². The lowest BCUT2D eigenvalue weighted by atomic mass is 9.83. The van der Waals surface area contributed by atoms with Crippen LogP contribution in [0.15, 0.2) is 82.6 Å². The van der Waals surface area contributed by atoms with Crippen molar-refractivity contribution >= 4 is 81.4 Å². The van der Waals surface area contributed by atoms with Crippen molar-refractivity contribution in [1.82, 2.24) is 4.57 Å². The molecule has 9 nitrogen and oxygen atoms in total. The third-order valence-corrected chi connectivity index (χ3v) is 10.5. The number of benzene rings is 3. The first kappa shape index (κ1) is 30.1. The molecule has 3 aromatic carbocycles. The number of esters is 1. The summed E-state index contributed by atoms with van der Waals surface area (Å²) in [6.07, 6.45) is 0. The van der Waals surface area contributed by atoms with Crippen molar-refractivity contribution in [2.45, 2.75) is 29.7 Å². The highest BCUT2D eigenvalue weighted by atomic mass is 35.5. The van der Waals surface area contributed by atoms with Crippen molar-refractivity contribution in [3.05, 3.63) is 109 Å². The highest BCUT2D eigenvalue weighted by Gasteiger charge is 2.56. The number of nitrogens with zero attached hydrogens (tertiary/aromatic N) is 2. The van der Waals surface area contributed by atoms with Crippen molar-refractivity contribution in [3.63, 3.8) is 0 Å². The maximum atomic E-state index is 13.9. The van der Waals surface area contributed by atoms with Gasteiger partial charge in [0.2, 0.25) is 17.7 Å². The average molecular weight is 669 g/mol. The molecule has 3 atom stereocenters. The molecule has 1 fully saturated rings. The number of halogens is 2. The number of hydrogen-bond donors (Lipinski definition) is 1. The summed E-state index contributed by atoms with van der Waals surface area (Å²) in [5.41, 5.74) is 1.91. The minimum atomic E-state index is -0.829. The van der Waals surface area contributed by atoms with Gasteiger partial charge in [-0.05, 0) is 73.2 Å². The molecule has 2 aliphatic heterocycles. The molecule has 1 N–H and O–H groups in total. The summed E-state index contributed by atoms with van der Waals surface area (Å²) in [6.45, 7) is 1.64. The SMILES string of the molecule is CCOC(=O)c1ccc(NC(=O)Cn2c3c(sc2=O)[C@H](c2ccc(Cl)cc2)C2C(=O)N(c4ccc(Cl)cc4)C(=O)C2S3)cc1. The molecule has 44 heavy (non-hydrogen) atoms. The van der Waals surface area contributed by atoms with Crippen molar-refractivity contribution in [2.75, 3.05) is 16.8 Å². The van der Waals surface area contributed by atoms with E-state index in [9.17, 15) is 24.0 Å². The zero-order valence-corrected chi connectivity index (χ0v) is 26.1. The highest BCUT2D eigenvalue weighted by molar-refractivity contribution is 8.00. The number of aromatic nitrogens is 1. The minimum absolute atomic E-state index is 0.244. The van der Waals surface area contributed by atoms with E-state index in [1.807, 2.05) is 0 Å². The van der Waals surface area contributed by atoms with Gasteiger partial charge in [0.25, 0.3) is 0 Å². The maximum absolute atomic E-state index is 13.9. The lowest BCUT2D eigenvalue weighted by Gasteiger charge is -2.30. The maximum Gasteiger partial charge on any atom is 0.338 e. The van der Waals surface area contributed by atoms with Gasteiger partial charge < -0.3 is 10.1 Å². The number of thiazole rings is 1. The van der Waals surface area contributed by atoms with Gasteiger partial charge in [0.1, 0.15) is 11.8 Å². The molecule has 2 unspecified atom stereocenters. The zero-order chi connectivity index (χ0) is 31.1. The molecule has 0 bridgehead atoms. The summed E-state index contributed by atoms with van der Waals surface area (Å²) >= 11 is 14.3. The summed E-state index contributed by atoms with van der Waals surface area (Å²) < 4.78 is 6.33. The molecule has 3 heterocycles. The Bertz CT molecular complexity index is 1840. The van der Waals surface area contributed by atoms with Crippen LogP contribution >= 0.6 is 46.3 Å². The number of nitrogens with one attached hydrogen (secondary N) is 1. The highest BCUT2D eigenvalue weighted by Crippen LogP contribution is 2.54. The van der Waals surface area contributed by atoms with E-state index in [1.165, 1.54) is 21.6 Å². The molecule has 0 aliphatic carbocycles. The van der Waals surface area contributed by atoms with Crippen molar-refractivity contribution in [3.8, 4) is 0 Å². The van der Waals surface area contributed by atoms with Crippen LogP contribution < -0.4 is 15.1 Å². The van der Waals surface area contributed by atoms with Crippen LogP contribution in [0.2, 0.25) is 10.0 Å². The first-order chi connectivity index (χ1) is 21.2. The summed E-state index contributed by atoms with van der Waals surface area (Å²) in [7, 11) is 0. The zero-order valence-electron chi connectivity index (χ0n) is 23.0. The monoisotopic (exact) mass is 667 g/mol. The Kier molecular flexibility index (Phi) is 8.38. The number of fused-ring (bicyclic) bond motifs is 2. The summed E-state index contributed by atoms with van der Waals surface area (Å²) in [6, 6.07) is 19.6. The molecule has 0 radical (unpaired) electrons. The van der Waals surface area contributed by atoms with E-state index >= 15 is 0 Å². The number of thioether (sulfide) groups is 1. The summed E-state index contributed by atoms with van der Waals surface area (Å²) in [4.78, 5) is 67.5. The average Bonchev–Trinajstić information content (AvgIpc) is 3.45. The predicted octanol–water partition coefficient (Wildman–Crippen LogP) is 5.83. The molecule has 2 aliphatic rings. The fourth-order valence-electron chi connectivity index (χ4n) is 5.38. The standard InChI is InChI=1S/C31H23Cl2N3O6S2/c1-2-42-30(40)17-5-11-20(12-6-17)34-22(37)15-35-29-26(44-31(35)41)23(16-3-7-18(32)8-4-16)24-25(43-29)28(39)36(27(24)38)21-13-9-19(33)10-14-21/h3-14,23-25H,2,15H2,1H3,(H,34,37)/t23-,24?,25?/m1/s1. The van der Waals surface area contributed by atoms with E-state index in [0.29, 0.717) is 36.9 Å². The quantitative estimate of drug-likeness (QED) is 0.195. The molecule has 0 spiro atoms. The van der Waals surface area contributed by atoms with Crippen LogP contribution in [0, 0.1) is 5.92 Å². The van der Waals surface area contributed by atoms with Gasteiger partial charge in [-0.3, -0.25) is 23.7 Å². The molecule has 1 saturated heterocycles. The lowest BCUT2D eigenvalue weighted by Crippen LogP contribution is -2.33. The fraction of sp³-hybridized carbons (Fsp3) is 0.194. The van der Waals surface area contributed by atoms with Gasteiger partial charge in [-0.1, -0.05) is 58.4 Å². The van der Waals surface area contributed by atoms with Gasteiger partial charge in [0.05, 0.1) is 28.8 Å². The Morgan fingerprint density at radius 3 is 2.16 bits per heavy atom. The number of carbonyl (C=O) groups excluding carboxylic acids is 4. The number of amides is 3. The van der Waals surface area contributed by atoms with Crippen molar-refractivity contribution in [2.24, 2.45) is 5.92 Å². The molecule has 13 heteroatoms. The molecule has 3 amide bonds. The largest absolute Gasteiger partial charge is 0.462 e. The fourth-order valence-corrected chi connectivity index (χ4v) is 8.40. The second kappa shape index (κ2) is 12.2. The van der Waals surface area contributed by atoms with Gasteiger partial charge >= 0.3 is 10.8 Å². The van der Waals surface area contributed by atoms with Gasteiger partial charge in [0.15, 0.2) is 0 Å². The molecular weight excluding hydrogens is 645 g/mol. The lowest BCUT2D eigenvalue weighted by molar-refractivity contribution is -0.122. The Hall–Kier alpha value is -3.90. The molecule has 1 aromatic heterocycles. The van der Waals surface area contributed by atoms with E-state index < -0.39 is 34.9 Å². The first-order valence-electron chi connectivity index (χ1n) is 13.5. The van der Waals surface area contributed by atoms with Gasteiger partial charge in [-0.15, -0.1) is 0 Å². The Labute approximate surface area is 269 Å². The minimum Gasteiger partial charge on any atom is -0.462 e. The Morgan fingerprint density at radius 1 is 0.886 bits per heavy atom. The van der Waals surface area contributed by atoms with Crippen LogP contribution in [-0.2, 0) is 25.7 Å². The van der Waals surface area contributed by atoms with E-state index in [2.05, 4.69) is 5.32 Å². The van der Waals surface area contributed by atoms with E-state index in [1.54, 1.807) is 67.6 Å². The molecule has 6 rings (SSSR count). The smallest absolute Gasteiger partial charge is 0.338 e. The summed E-state index contributed by atoms with van der Waals surface area (Å²) in [5, 5.41) is 3.36. The van der Waals surface area contributed by atoms with Crippen LogP contribution in [0.1, 0.15) is 33.6 Å². The van der Waals surface area contributed by atoms with E-state index in [0.717, 1.165) is 28.7 Å². The summed E-state index contributed by atoms with van der Waals surface area (Å²) in [5.74, 6) is -3.12. The van der Waals surface area contributed by atoms with Crippen LogP contribution in [0.4, 0.5) is 11.4 Å². The topological polar surface area (TPSA) is 115 Å². The van der Waals surface area contributed by atoms with Gasteiger partial charge in [-0.2, -0.15) is 0 Å². The first-order valence-corrected chi connectivity index (χ1v) is 16.0. The third kappa shape index (κ3) is 5.56. The molecule has 224 valence electrons. The number of carbonyl (C=O) groups is 4. The second-order valence-electron chi connectivity index (χ2n) is 10.1. The molecule has 0 saturated carbocycles. The third-order valence-electron chi connectivity index (χ3n) is 7.34. The van der Waals surface area contributed by atoms with Crippen LogP contribution in [0.25, 0.3) is 0 Å². The Morgan fingerprint density at radius 2 is 1.52 bits per heavy atom. The normalized spacial score (nSPS) is 19.0. The van der Waals surface area contributed by atoms with Gasteiger partial charge in [0, 0.05) is 26.5 Å². The van der Waals surface area contributed by atoms with Gasteiger partial charge in [-0.25, -0.2) is 9.69 Å². The number of hydrogen-bond acceptors (Lipinski definition) is 8. The number of anilines is 2. The van der Waals surface area contributed by atoms with E-state index in [4.69, 9.17) is 27.9 Å². The van der Waals surface area contributed by atoms with Crippen molar-refractivity contribution in [1.29, 1.82) is 0 Å². The van der Waals surface area contributed by atoms with Crippen LogP contribution in [0.5, 0.6) is 0 Å². The van der Waals surface area contributed by atoms with Crippen molar-refractivity contribution < 1.29 is 23.9 Å². The number of rotatable bonds is 7. The Balaban J connectivity index is 1.33. The number of imide groups is 1. The molecule has 4 aromatic rings. The molecular formula is C31H23Cl2N3O6S2. The predicted molar refractivity (Wildman–Crippen MR) is 170 cm³/mol. The van der Waals surface area contributed by atoms with E-state index in [-0.39, 0.29) is 23.9 Å². The number of ether oxygens (including phenoxy) is 1. The second-order valence-corrected chi connectivity index (χ2v) is 13.0. The van der Waals surface area contributed by atoms with Crippen LogP contribution in [0.3, 0.4) is 0 Å².